The number of carbonyl (C=O) groups is 4. The molecule has 1 fully saturated rings. The highest BCUT2D eigenvalue weighted by Crippen LogP contribution is 2.22. The van der Waals surface area contributed by atoms with Crippen molar-refractivity contribution in [1.82, 2.24) is 25.1 Å². The van der Waals surface area contributed by atoms with E-state index < -0.39 is 36.0 Å². The van der Waals surface area contributed by atoms with E-state index in [1.807, 2.05) is 18.2 Å². The van der Waals surface area contributed by atoms with Crippen molar-refractivity contribution in [2.24, 2.45) is 0 Å². The topological polar surface area (TPSA) is 162 Å². The first-order valence-electron chi connectivity index (χ1n) is 12.7. The molecule has 1 aromatic heterocycles. The molecule has 39 heavy (non-hydrogen) atoms. The molecule has 2 heterocycles. The lowest BCUT2D eigenvalue weighted by Crippen LogP contribution is -2.56. The Balaban J connectivity index is 1.79. The molecule has 1 aliphatic rings. The van der Waals surface area contributed by atoms with Crippen molar-refractivity contribution in [3.63, 3.8) is 0 Å². The molecule has 12 nitrogen and oxygen atoms in total. The zero-order chi connectivity index (χ0) is 28.4. The number of thioether (sulfide) groups is 1. The average Bonchev–Trinajstić information content (AvgIpc) is 2.94. The maximum atomic E-state index is 13.3. The number of aliphatic hydroxyl groups excluding tert-OH is 1. The van der Waals surface area contributed by atoms with Crippen LogP contribution in [0.4, 0.5) is 4.79 Å². The van der Waals surface area contributed by atoms with E-state index in [1.54, 1.807) is 26.0 Å². The van der Waals surface area contributed by atoms with Crippen molar-refractivity contribution in [2.45, 2.75) is 43.9 Å². The molecule has 13 heteroatoms. The van der Waals surface area contributed by atoms with Crippen molar-refractivity contribution in [2.75, 3.05) is 38.5 Å². The minimum absolute atomic E-state index is 0.0113. The predicted octanol–water partition coefficient (Wildman–Crippen LogP) is 1.88. The van der Waals surface area contributed by atoms with Crippen LogP contribution in [0.3, 0.4) is 0 Å². The lowest BCUT2D eigenvalue weighted by Gasteiger charge is -2.35. The van der Waals surface area contributed by atoms with E-state index in [-0.39, 0.29) is 51.3 Å². The number of nitrogens with zero attached hydrogens (tertiary/aromatic N) is 4. The van der Waals surface area contributed by atoms with Crippen LogP contribution in [0.25, 0.3) is 11.4 Å². The summed E-state index contributed by atoms with van der Waals surface area (Å²) in [5.74, 6) is -1.53. The Morgan fingerprint density at radius 3 is 2.36 bits per heavy atom. The van der Waals surface area contributed by atoms with E-state index in [4.69, 9.17) is 4.74 Å². The Bertz CT molecular complexity index is 1160. The quantitative estimate of drug-likeness (QED) is 0.274. The van der Waals surface area contributed by atoms with Crippen LogP contribution in [0.1, 0.15) is 37.2 Å². The molecule has 2 aromatic rings. The molecule has 1 saturated heterocycles. The maximum Gasteiger partial charge on any atom is 0.409 e. The maximum absolute atomic E-state index is 13.3. The standard InChI is InChI=1S/C26H33N5O7S/c1-3-38-26(37)31-13-11-30(12-14-31)25(36)19(9-10-22(33)34)28-24(35)20-15-21(39-16-17(2)32)29-23(27-20)18-7-5-4-6-8-18/h4-8,15,17,19,32H,3,9-14,16H2,1-2H3,(H,28,35)(H,33,34). The van der Waals surface area contributed by atoms with Gasteiger partial charge in [0.1, 0.15) is 16.8 Å². The van der Waals surface area contributed by atoms with Crippen LogP contribution in [0, 0.1) is 0 Å². The average molecular weight is 560 g/mol. The van der Waals surface area contributed by atoms with Gasteiger partial charge in [-0.1, -0.05) is 30.3 Å². The van der Waals surface area contributed by atoms with Gasteiger partial charge >= 0.3 is 12.1 Å². The molecule has 3 amide bonds. The van der Waals surface area contributed by atoms with Gasteiger partial charge < -0.3 is 30.1 Å². The summed E-state index contributed by atoms with van der Waals surface area (Å²) in [5.41, 5.74) is 0.696. The summed E-state index contributed by atoms with van der Waals surface area (Å²) in [6, 6.07) is 9.45. The summed E-state index contributed by atoms with van der Waals surface area (Å²) in [6.45, 7) is 4.58. The number of carbonyl (C=O) groups excluding carboxylic acids is 3. The van der Waals surface area contributed by atoms with Crippen molar-refractivity contribution in [3.05, 3.63) is 42.1 Å². The minimum atomic E-state index is -1.11. The molecule has 210 valence electrons. The Morgan fingerprint density at radius 1 is 1.08 bits per heavy atom. The van der Waals surface area contributed by atoms with Crippen LogP contribution in [0.2, 0.25) is 0 Å². The van der Waals surface area contributed by atoms with E-state index in [1.165, 1.54) is 27.6 Å². The van der Waals surface area contributed by atoms with Crippen LogP contribution in [0.15, 0.2) is 41.4 Å². The smallest absolute Gasteiger partial charge is 0.409 e. The van der Waals surface area contributed by atoms with Gasteiger partial charge in [0.05, 0.1) is 12.7 Å². The van der Waals surface area contributed by atoms with Crippen LogP contribution < -0.4 is 5.32 Å². The van der Waals surface area contributed by atoms with Crippen molar-refractivity contribution in [1.29, 1.82) is 0 Å². The molecule has 0 saturated carbocycles. The summed E-state index contributed by atoms with van der Waals surface area (Å²) >= 11 is 1.26. The summed E-state index contributed by atoms with van der Waals surface area (Å²) < 4.78 is 5.01. The number of amides is 3. The number of piperazine rings is 1. The molecule has 2 atom stereocenters. The molecule has 1 aliphatic heterocycles. The number of hydrogen-bond acceptors (Lipinski definition) is 9. The van der Waals surface area contributed by atoms with Gasteiger partial charge in [0, 0.05) is 50.0 Å². The minimum Gasteiger partial charge on any atom is -0.481 e. The van der Waals surface area contributed by atoms with Gasteiger partial charge in [-0.15, -0.1) is 11.8 Å². The van der Waals surface area contributed by atoms with Crippen LogP contribution >= 0.6 is 11.8 Å². The fourth-order valence-electron chi connectivity index (χ4n) is 3.84. The number of aromatic nitrogens is 2. The number of carboxylic acid groups (broad SMARTS) is 1. The van der Waals surface area contributed by atoms with Gasteiger partial charge in [0.2, 0.25) is 5.91 Å². The monoisotopic (exact) mass is 559 g/mol. The molecule has 0 spiro atoms. The highest BCUT2D eigenvalue weighted by molar-refractivity contribution is 7.99. The summed E-state index contributed by atoms with van der Waals surface area (Å²) in [5, 5.41) is 22.0. The number of ether oxygens (including phenoxy) is 1. The van der Waals surface area contributed by atoms with Crippen molar-refractivity contribution < 1.29 is 34.1 Å². The van der Waals surface area contributed by atoms with E-state index in [2.05, 4.69) is 15.3 Å². The number of nitrogens with one attached hydrogen (secondary N) is 1. The Kier molecular flexibility index (Phi) is 11.1. The zero-order valence-electron chi connectivity index (χ0n) is 21.9. The first-order chi connectivity index (χ1) is 18.7. The summed E-state index contributed by atoms with van der Waals surface area (Å²) in [7, 11) is 0. The lowest BCUT2D eigenvalue weighted by molar-refractivity contribution is -0.138. The fourth-order valence-corrected chi connectivity index (χ4v) is 4.60. The first-order valence-corrected chi connectivity index (χ1v) is 13.6. The number of rotatable bonds is 11. The highest BCUT2D eigenvalue weighted by atomic mass is 32.2. The van der Waals surface area contributed by atoms with Crippen LogP contribution in [0.5, 0.6) is 0 Å². The molecule has 3 N–H and O–H groups in total. The van der Waals surface area contributed by atoms with Gasteiger partial charge in [-0.05, 0) is 20.3 Å². The number of aliphatic carboxylic acids is 1. The van der Waals surface area contributed by atoms with Crippen LogP contribution in [-0.4, -0.2) is 105 Å². The zero-order valence-corrected chi connectivity index (χ0v) is 22.7. The third-order valence-corrected chi connectivity index (χ3v) is 6.96. The third kappa shape index (κ3) is 8.93. The largest absolute Gasteiger partial charge is 0.481 e. The Morgan fingerprint density at radius 2 is 1.74 bits per heavy atom. The number of aliphatic hydroxyl groups is 1. The SMILES string of the molecule is CCOC(=O)N1CCN(C(=O)C(CCC(=O)O)NC(=O)c2cc(SCC(C)O)nc(-c3ccccc3)n2)CC1. The normalized spacial score (nSPS) is 14.8. The second kappa shape index (κ2) is 14.4. The fraction of sp³-hybridized carbons (Fsp3) is 0.462. The molecular formula is C26H33N5O7S. The molecule has 2 unspecified atom stereocenters. The Labute approximate surface area is 230 Å². The van der Waals surface area contributed by atoms with Gasteiger partial charge in [-0.3, -0.25) is 14.4 Å². The van der Waals surface area contributed by atoms with E-state index in [0.717, 1.165) is 0 Å². The summed E-state index contributed by atoms with van der Waals surface area (Å²) in [4.78, 5) is 61.8. The molecule has 0 aliphatic carbocycles. The molecular weight excluding hydrogens is 526 g/mol. The van der Waals surface area contributed by atoms with E-state index in [9.17, 15) is 29.4 Å². The number of hydrogen-bond donors (Lipinski definition) is 3. The molecule has 3 rings (SSSR count). The number of carboxylic acids is 1. The van der Waals surface area contributed by atoms with E-state index >= 15 is 0 Å². The first kappa shape index (κ1) is 29.8. The molecule has 0 radical (unpaired) electrons. The van der Waals surface area contributed by atoms with Gasteiger partial charge in [0.25, 0.3) is 5.91 Å². The van der Waals surface area contributed by atoms with Gasteiger partial charge in [0.15, 0.2) is 5.82 Å². The van der Waals surface area contributed by atoms with Crippen molar-refractivity contribution in [3.8, 4) is 11.4 Å². The predicted molar refractivity (Wildman–Crippen MR) is 143 cm³/mol. The second-order valence-electron chi connectivity index (χ2n) is 8.91. The number of benzene rings is 1. The van der Waals surface area contributed by atoms with Crippen LogP contribution in [-0.2, 0) is 14.3 Å². The molecule has 1 aromatic carbocycles. The Hall–Kier alpha value is -3.71. The summed E-state index contributed by atoms with van der Waals surface area (Å²) in [6.07, 6.45) is -1.49. The van der Waals surface area contributed by atoms with E-state index in [0.29, 0.717) is 22.2 Å². The molecule has 0 bridgehead atoms. The third-order valence-electron chi connectivity index (χ3n) is 5.81. The highest BCUT2D eigenvalue weighted by Gasteiger charge is 2.31. The van der Waals surface area contributed by atoms with Gasteiger partial charge in [-0.25, -0.2) is 14.8 Å². The lowest BCUT2D eigenvalue weighted by atomic mass is 10.1. The van der Waals surface area contributed by atoms with Gasteiger partial charge in [-0.2, -0.15) is 0 Å². The second-order valence-corrected chi connectivity index (χ2v) is 9.95. The van der Waals surface area contributed by atoms with Crippen molar-refractivity contribution >= 4 is 35.6 Å².